The third-order valence-electron chi connectivity index (χ3n) is 3.84. The van der Waals surface area contributed by atoms with Crippen LogP contribution < -0.4 is 10.8 Å². The van der Waals surface area contributed by atoms with Crippen molar-refractivity contribution in [2.24, 2.45) is 11.8 Å². The van der Waals surface area contributed by atoms with Gasteiger partial charge in [0.05, 0.1) is 6.61 Å². The molecule has 0 spiro atoms. The lowest BCUT2D eigenvalue weighted by atomic mass is 9.94. The van der Waals surface area contributed by atoms with Crippen molar-refractivity contribution in [1.82, 2.24) is 10.8 Å². The molecular weight excluding hydrogens is 200 g/mol. The molecule has 1 saturated carbocycles. The molecule has 2 rings (SSSR count). The minimum Gasteiger partial charge on any atom is -0.314 e. The fraction of sp³-hybridized carbons (Fsp3) is 1.00. The largest absolute Gasteiger partial charge is 0.314 e. The summed E-state index contributed by atoms with van der Waals surface area (Å²) in [6.45, 7) is 6.40. The average Bonchev–Trinajstić information content (AvgIpc) is 2.84. The molecule has 2 aliphatic rings. The number of rotatable bonds is 5. The van der Waals surface area contributed by atoms with Crippen LogP contribution in [0.2, 0.25) is 0 Å². The predicted molar refractivity (Wildman–Crippen MR) is 66.1 cm³/mol. The summed E-state index contributed by atoms with van der Waals surface area (Å²) in [5, 5.41) is 3.63. The van der Waals surface area contributed by atoms with Crippen LogP contribution in [0.5, 0.6) is 0 Å². The molecule has 16 heavy (non-hydrogen) atoms. The van der Waals surface area contributed by atoms with Crippen molar-refractivity contribution >= 4 is 0 Å². The Hall–Kier alpha value is -0.120. The number of hydrogen-bond donors (Lipinski definition) is 2. The van der Waals surface area contributed by atoms with E-state index in [0.717, 1.165) is 18.6 Å². The maximum Gasteiger partial charge on any atom is 0.0705 e. The van der Waals surface area contributed by atoms with Crippen molar-refractivity contribution in [3.05, 3.63) is 0 Å². The fourth-order valence-electron chi connectivity index (χ4n) is 3.02. The van der Waals surface area contributed by atoms with Gasteiger partial charge in [-0.2, -0.15) is 5.48 Å². The van der Waals surface area contributed by atoms with E-state index in [-0.39, 0.29) is 0 Å². The van der Waals surface area contributed by atoms with Crippen molar-refractivity contribution in [3.8, 4) is 0 Å². The lowest BCUT2D eigenvalue weighted by molar-refractivity contribution is -0.0102. The fourth-order valence-corrected chi connectivity index (χ4v) is 3.02. The lowest BCUT2D eigenvalue weighted by Crippen LogP contribution is -2.42. The van der Waals surface area contributed by atoms with Gasteiger partial charge in [0.25, 0.3) is 0 Å². The van der Waals surface area contributed by atoms with Crippen molar-refractivity contribution in [2.45, 2.75) is 58.0 Å². The van der Waals surface area contributed by atoms with E-state index in [0.29, 0.717) is 12.0 Å². The summed E-state index contributed by atoms with van der Waals surface area (Å²) in [4.78, 5) is 5.59. The van der Waals surface area contributed by atoms with E-state index < -0.39 is 0 Å². The van der Waals surface area contributed by atoms with Gasteiger partial charge in [0.1, 0.15) is 0 Å². The number of nitrogens with one attached hydrogen (secondary N) is 2. The Balaban J connectivity index is 1.74. The van der Waals surface area contributed by atoms with E-state index in [1.807, 2.05) is 0 Å². The second-order valence-corrected chi connectivity index (χ2v) is 5.73. The molecule has 1 heterocycles. The molecule has 3 unspecified atom stereocenters. The maximum atomic E-state index is 5.59. The molecule has 3 nitrogen and oxygen atoms in total. The van der Waals surface area contributed by atoms with Crippen LogP contribution in [0.4, 0.5) is 0 Å². The SMILES string of the molecule is CC(C)CONC1CCCC1C1CCCN1. The second-order valence-electron chi connectivity index (χ2n) is 5.73. The van der Waals surface area contributed by atoms with Gasteiger partial charge in [-0.05, 0) is 44.1 Å². The topological polar surface area (TPSA) is 33.3 Å². The van der Waals surface area contributed by atoms with Crippen LogP contribution in [0.3, 0.4) is 0 Å². The molecule has 3 heteroatoms. The highest BCUT2D eigenvalue weighted by Crippen LogP contribution is 2.31. The molecule has 1 aliphatic carbocycles. The molecule has 0 aromatic rings. The van der Waals surface area contributed by atoms with Crippen LogP contribution in [0.15, 0.2) is 0 Å². The summed E-state index contributed by atoms with van der Waals surface area (Å²) in [5.74, 6) is 1.40. The Bertz CT molecular complexity index is 202. The Morgan fingerprint density at radius 1 is 1.25 bits per heavy atom. The van der Waals surface area contributed by atoms with Gasteiger partial charge < -0.3 is 10.2 Å². The van der Waals surface area contributed by atoms with Gasteiger partial charge in [-0.25, -0.2) is 0 Å². The van der Waals surface area contributed by atoms with Crippen LogP contribution in [-0.4, -0.2) is 25.2 Å². The van der Waals surface area contributed by atoms with Crippen LogP contribution >= 0.6 is 0 Å². The third kappa shape index (κ3) is 3.19. The average molecular weight is 226 g/mol. The first-order valence-corrected chi connectivity index (χ1v) is 6.88. The van der Waals surface area contributed by atoms with Crippen LogP contribution in [0, 0.1) is 11.8 Å². The summed E-state index contributed by atoms with van der Waals surface area (Å²) in [5.41, 5.74) is 3.30. The molecule has 1 saturated heterocycles. The van der Waals surface area contributed by atoms with E-state index in [9.17, 15) is 0 Å². The zero-order valence-corrected chi connectivity index (χ0v) is 10.7. The van der Waals surface area contributed by atoms with Crippen molar-refractivity contribution in [3.63, 3.8) is 0 Å². The number of hydrogen-bond acceptors (Lipinski definition) is 3. The maximum absolute atomic E-state index is 5.59. The predicted octanol–water partition coefficient (Wildman–Crippen LogP) is 2.08. The van der Waals surface area contributed by atoms with Crippen molar-refractivity contribution < 1.29 is 4.84 Å². The smallest absolute Gasteiger partial charge is 0.0705 e. The molecular formula is C13H26N2O. The minimum atomic E-state index is 0.578. The van der Waals surface area contributed by atoms with Crippen LogP contribution in [-0.2, 0) is 4.84 Å². The quantitative estimate of drug-likeness (QED) is 0.704. The minimum absolute atomic E-state index is 0.578. The monoisotopic (exact) mass is 226 g/mol. The van der Waals surface area contributed by atoms with Gasteiger partial charge >= 0.3 is 0 Å². The van der Waals surface area contributed by atoms with Crippen molar-refractivity contribution in [1.29, 1.82) is 0 Å². The van der Waals surface area contributed by atoms with E-state index in [1.54, 1.807) is 0 Å². The molecule has 0 radical (unpaired) electrons. The van der Waals surface area contributed by atoms with Gasteiger partial charge in [-0.1, -0.05) is 20.3 Å². The molecule has 0 amide bonds. The van der Waals surface area contributed by atoms with Crippen molar-refractivity contribution in [2.75, 3.05) is 13.2 Å². The van der Waals surface area contributed by atoms with Gasteiger partial charge in [0.15, 0.2) is 0 Å². The second kappa shape index (κ2) is 5.99. The standard InChI is InChI=1S/C13H26N2O/c1-10(2)9-16-15-13-6-3-5-11(13)12-7-4-8-14-12/h10-15H,3-9H2,1-2H3. The first kappa shape index (κ1) is 12.3. The first-order chi connectivity index (χ1) is 7.77. The summed E-state index contributed by atoms with van der Waals surface area (Å²) in [6.07, 6.45) is 6.70. The molecule has 3 atom stereocenters. The highest BCUT2D eigenvalue weighted by molar-refractivity contribution is 4.91. The Morgan fingerprint density at radius 2 is 2.12 bits per heavy atom. The molecule has 0 aromatic heterocycles. The summed E-state index contributed by atoms with van der Waals surface area (Å²) >= 11 is 0. The summed E-state index contributed by atoms with van der Waals surface area (Å²) in [7, 11) is 0. The normalized spacial score (nSPS) is 35.1. The van der Waals surface area contributed by atoms with E-state index in [1.165, 1.54) is 38.6 Å². The van der Waals surface area contributed by atoms with Gasteiger partial charge in [0, 0.05) is 12.1 Å². The molecule has 1 aliphatic heterocycles. The summed E-state index contributed by atoms with van der Waals surface area (Å²) in [6, 6.07) is 1.32. The van der Waals surface area contributed by atoms with Gasteiger partial charge in [-0.3, -0.25) is 0 Å². The van der Waals surface area contributed by atoms with E-state index in [4.69, 9.17) is 4.84 Å². The zero-order valence-electron chi connectivity index (χ0n) is 10.7. The number of hydroxylamine groups is 1. The van der Waals surface area contributed by atoms with E-state index >= 15 is 0 Å². The Labute approximate surface area is 99.3 Å². The van der Waals surface area contributed by atoms with Gasteiger partial charge in [0.2, 0.25) is 0 Å². The Kier molecular flexibility index (Phi) is 4.62. The van der Waals surface area contributed by atoms with Gasteiger partial charge in [-0.15, -0.1) is 0 Å². The molecule has 2 fully saturated rings. The summed E-state index contributed by atoms with van der Waals surface area (Å²) < 4.78 is 0. The highest BCUT2D eigenvalue weighted by atomic mass is 16.6. The van der Waals surface area contributed by atoms with Crippen LogP contribution in [0.25, 0.3) is 0 Å². The Morgan fingerprint density at radius 3 is 2.81 bits per heavy atom. The molecule has 0 aromatic carbocycles. The molecule has 0 bridgehead atoms. The zero-order chi connectivity index (χ0) is 11.4. The first-order valence-electron chi connectivity index (χ1n) is 6.88. The molecule has 94 valence electrons. The van der Waals surface area contributed by atoms with E-state index in [2.05, 4.69) is 24.6 Å². The lowest BCUT2D eigenvalue weighted by Gasteiger charge is -2.26. The van der Waals surface area contributed by atoms with Crippen LogP contribution in [0.1, 0.15) is 46.0 Å². The highest BCUT2D eigenvalue weighted by Gasteiger charge is 2.34. The third-order valence-corrected chi connectivity index (χ3v) is 3.84. The molecule has 2 N–H and O–H groups in total.